The fourth-order valence-electron chi connectivity index (χ4n) is 3.24. The van der Waals surface area contributed by atoms with Gasteiger partial charge in [0.05, 0.1) is 12.2 Å². The molecule has 0 bridgehead atoms. The van der Waals surface area contributed by atoms with Crippen molar-refractivity contribution < 1.29 is 4.79 Å². The topological polar surface area (TPSA) is 74.5 Å². The molecule has 0 saturated carbocycles. The summed E-state index contributed by atoms with van der Waals surface area (Å²) in [7, 11) is 1.91. The van der Waals surface area contributed by atoms with E-state index in [4.69, 9.17) is 0 Å². The molecule has 1 amide bonds. The van der Waals surface area contributed by atoms with Gasteiger partial charge in [0.1, 0.15) is 0 Å². The molecule has 1 aromatic heterocycles. The number of fused-ring (bicyclic) bond motifs is 1. The minimum absolute atomic E-state index is 0. The van der Waals surface area contributed by atoms with Gasteiger partial charge in [-0.2, -0.15) is 5.10 Å². The predicted molar refractivity (Wildman–Crippen MR) is 123 cm³/mol. The van der Waals surface area contributed by atoms with Gasteiger partial charge in [0, 0.05) is 45.0 Å². The largest absolute Gasteiger partial charge is 0.357 e. The molecule has 3 rings (SSSR count). The second-order valence-corrected chi connectivity index (χ2v) is 6.60. The van der Waals surface area contributed by atoms with Gasteiger partial charge in [0.2, 0.25) is 5.91 Å². The Labute approximate surface area is 183 Å². The van der Waals surface area contributed by atoms with Crippen LogP contribution in [0.3, 0.4) is 0 Å². The molecule has 0 radical (unpaired) electrons. The molecule has 0 spiro atoms. The first-order valence-electron chi connectivity index (χ1n) is 9.56. The average Bonchev–Trinajstić information content (AvgIpc) is 3.29. The number of rotatable bonds is 7. The van der Waals surface area contributed by atoms with Crippen LogP contribution in [-0.4, -0.2) is 41.3 Å². The van der Waals surface area contributed by atoms with Crippen LogP contribution in [0.5, 0.6) is 0 Å². The summed E-state index contributed by atoms with van der Waals surface area (Å²) >= 11 is 0. The number of aryl methyl sites for hydroxylation is 1. The van der Waals surface area contributed by atoms with Crippen molar-refractivity contribution in [2.75, 3.05) is 24.5 Å². The van der Waals surface area contributed by atoms with Gasteiger partial charge < -0.3 is 15.5 Å². The zero-order chi connectivity index (χ0) is 19.1. The van der Waals surface area contributed by atoms with E-state index < -0.39 is 0 Å². The summed E-state index contributed by atoms with van der Waals surface area (Å²) < 4.78 is 1.82. The third kappa shape index (κ3) is 5.70. The second-order valence-electron chi connectivity index (χ2n) is 6.60. The smallest absolute Gasteiger partial charge is 0.227 e. The van der Waals surface area contributed by atoms with Crippen molar-refractivity contribution in [1.82, 2.24) is 20.4 Å². The highest BCUT2D eigenvalue weighted by atomic mass is 127. The van der Waals surface area contributed by atoms with Crippen molar-refractivity contribution in [2.24, 2.45) is 12.0 Å². The summed E-state index contributed by atoms with van der Waals surface area (Å²) in [4.78, 5) is 19.0. The molecule has 152 valence electrons. The molecule has 28 heavy (non-hydrogen) atoms. The van der Waals surface area contributed by atoms with Crippen molar-refractivity contribution in [3.05, 3.63) is 47.8 Å². The van der Waals surface area contributed by atoms with Gasteiger partial charge in [-0.1, -0.05) is 18.2 Å². The van der Waals surface area contributed by atoms with E-state index in [2.05, 4.69) is 26.8 Å². The van der Waals surface area contributed by atoms with E-state index in [9.17, 15) is 4.79 Å². The molecule has 2 N–H and O–H groups in total. The maximum absolute atomic E-state index is 12.5. The Kier molecular flexibility index (Phi) is 8.75. The van der Waals surface area contributed by atoms with E-state index in [1.807, 2.05) is 47.8 Å². The molecule has 2 aromatic rings. The van der Waals surface area contributed by atoms with Crippen LogP contribution < -0.4 is 15.5 Å². The number of aliphatic imine (C=N–C) groups is 1. The number of nitrogens with zero attached hydrogens (tertiary/aromatic N) is 4. The normalized spacial score (nSPS) is 13.1. The van der Waals surface area contributed by atoms with E-state index in [0.29, 0.717) is 19.5 Å². The number of halogens is 1. The first-order chi connectivity index (χ1) is 13.2. The fourth-order valence-corrected chi connectivity index (χ4v) is 3.24. The molecule has 1 aliphatic heterocycles. The van der Waals surface area contributed by atoms with Gasteiger partial charge in [0.25, 0.3) is 0 Å². The van der Waals surface area contributed by atoms with Gasteiger partial charge in [0.15, 0.2) is 5.96 Å². The van der Waals surface area contributed by atoms with Crippen LogP contribution in [-0.2, 0) is 24.8 Å². The van der Waals surface area contributed by atoms with Crippen molar-refractivity contribution >= 4 is 41.5 Å². The average molecular weight is 496 g/mol. The monoisotopic (exact) mass is 496 g/mol. The minimum Gasteiger partial charge on any atom is -0.357 e. The zero-order valence-corrected chi connectivity index (χ0v) is 18.8. The summed E-state index contributed by atoms with van der Waals surface area (Å²) in [6.45, 7) is 4.89. The van der Waals surface area contributed by atoms with E-state index in [1.165, 1.54) is 5.56 Å². The van der Waals surface area contributed by atoms with E-state index in [1.54, 1.807) is 6.20 Å². The highest BCUT2D eigenvalue weighted by Gasteiger charge is 2.23. The van der Waals surface area contributed by atoms with Crippen LogP contribution in [0.4, 0.5) is 5.69 Å². The number of amides is 1. The van der Waals surface area contributed by atoms with E-state index in [0.717, 1.165) is 43.3 Å². The lowest BCUT2D eigenvalue weighted by atomic mass is 10.2. The maximum Gasteiger partial charge on any atom is 0.227 e. The first kappa shape index (κ1) is 22.2. The highest BCUT2D eigenvalue weighted by Crippen LogP contribution is 2.27. The van der Waals surface area contributed by atoms with Crippen LogP contribution in [0, 0.1) is 0 Å². The Morgan fingerprint density at radius 2 is 2.07 bits per heavy atom. The standard InChI is InChI=1S/C20H28N6O.HI/c1-3-21-20(23-15-17-10-13-24-25(17)2)22-12-6-9-19(27)26-14-11-16-7-4-5-8-18(16)26;/h4-5,7-8,10,13H,3,6,9,11-12,14-15H2,1-2H3,(H2,21,22,23);1H. The van der Waals surface area contributed by atoms with Crippen LogP contribution in [0.25, 0.3) is 0 Å². The lowest BCUT2D eigenvalue weighted by Gasteiger charge is -2.17. The quantitative estimate of drug-likeness (QED) is 0.268. The highest BCUT2D eigenvalue weighted by molar-refractivity contribution is 14.0. The summed E-state index contributed by atoms with van der Waals surface area (Å²) in [6, 6.07) is 10.1. The summed E-state index contributed by atoms with van der Waals surface area (Å²) in [5.74, 6) is 0.955. The number of guanidine groups is 1. The number of carbonyl (C=O) groups is 1. The summed E-state index contributed by atoms with van der Waals surface area (Å²) in [5, 5.41) is 10.7. The number of hydrogen-bond acceptors (Lipinski definition) is 3. The third-order valence-electron chi connectivity index (χ3n) is 4.71. The minimum atomic E-state index is 0. The first-order valence-corrected chi connectivity index (χ1v) is 9.56. The van der Waals surface area contributed by atoms with Gasteiger partial charge in [-0.3, -0.25) is 9.48 Å². The van der Waals surface area contributed by atoms with Gasteiger partial charge in [-0.25, -0.2) is 4.99 Å². The van der Waals surface area contributed by atoms with Gasteiger partial charge in [-0.05, 0) is 37.5 Å². The van der Waals surface area contributed by atoms with Crippen molar-refractivity contribution in [3.8, 4) is 0 Å². The number of anilines is 1. The molecule has 1 aromatic carbocycles. The second kappa shape index (κ2) is 11.0. The molecule has 0 fully saturated rings. The Balaban J connectivity index is 0.00000280. The van der Waals surface area contributed by atoms with Crippen molar-refractivity contribution in [3.63, 3.8) is 0 Å². The number of nitrogens with one attached hydrogen (secondary N) is 2. The number of benzene rings is 1. The fraction of sp³-hybridized carbons (Fsp3) is 0.450. The van der Waals surface area contributed by atoms with Crippen molar-refractivity contribution in [1.29, 1.82) is 0 Å². The lowest BCUT2D eigenvalue weighted by Crippen LogP contribution is -2.38. The third-order valence-corrected chi connectivity index (χ3v) is 4.71. The van der Waals surface area contributed by atoms with Crippen LogP contribution in [0.1, 0.15) is 31.0 Å². The van der Waals surface area contributed by atoms with Crippen LogP contribution in [0.15, 0.2) is 41.5 Å². The van der Waals surface area contributed by atoms with Crippen LogP contribution >= 0.6 is 24.0 Å². The molecular weight excluding hydrogens is 467 g/mol. The summed E-state index contributed by atoms with van der Waals surface area (Å²) in [6.07, 6.45) is 4.02. The number of hydrogen-bond donors (Lipinski definition) is 2. The Hall–Kier alpha value is -2.10. The van der Waals surface area contributed by atoms with Crippen LogP contribution in [0.2, 0.25) is 0 Å². The Morgan fingerprint density at radius 3 is 2.82 bits per heavy atom. The Bertz CT molecular complexity index is 803. The molecule has 0 saturated heterocycles. The SMILES string of the molecule is CCNC(=NCc1ccnn1C)NCCCC(=O)N1CCc2ccccc21.I. The summed E-state index contributed by atoms with van der Waals surface area (Å²) in [5.41, 5.74) is 3.39. The molecule has 8 heteroatoms. The predicted octanol–water partition coefficient (Wildman–Crippen LogP) is 2.46. The molecule has 0 unspecified atom stereocenters. The molecule has 0 aliphatic carbocycles. The Morgan fingerprint density at radius 1 is 1.25 bits per heavy atom. The van der Waals surface area contributed by atoms with Gasteiger partial charge in [-0.15, -0.1) is 24.0 Å². The zero-order valence-electron chi connectivity index (χ0n) is 16.5. The van der Waals surface area contributed by atoms with E-state index in [-0.39, 0.29) is 29.9 Å². The van der Waals surface area contributed by atoms with Crippen molar-refractivity contribution in [2.45, 2.75) is 32.7 Å². The molecule has 7 nitrogen and oxygen atoms in total. The molecule has 1 aliphatic rings. The molecule has 2 heterocycles. The number of para-hydroxylation sites is 1. The molecule has 0 atom stereocenters. The maximum atomic E-state index is 12.5. The number of carbonyl (C=O) groups excluding carboxylic acids is 1. The van der Waals surface area contributed by atoms with Gasteiger partial charge >= 0.3 is 0 Å². The number of aromatic nitrogens is 2. The lowest BCUT2D eigenvalue weighted by molar-refractivity contribution is -0.118. The molecular formula is C20H29IN6O. The van der Waals surface area contributed by atoms with E-state index >= 15 is 0 Å².